The van der Waals surface area contributed by atoms with E-state index in [1.165, 1.54) is 6.20 Å². The first-order valence-corrected chi connectivity index (χ1v) is 9.36. The van der Waals surface area contributed by atoms with Gasteiger partial charge in [0, 0.05) is 55.6 Å². The Kier molecular flexibility index (Phi) is 6.21. The van der Waals surface area contributed by atoms with Crippen LogP contribution in [0.2, 0.25) is 0 Å². The molecule has 0 bridgehead atoms. The third kappa shape index (κ3) is 3.80. The molecule has 0 aliphatic carbocycles. The Morgan fingerprint density at radius 1 is 1.23 bits per heavy atom. The molecule has 1 atom stereocenters. The Morgan fingerprint density at radius 3 is 2.55 bits per heavy atom. The molecule has 9 heteroatoms. The molecule has 3 heterocycles. The second-order valence-corrected chi connectivity index (χ2v) is 8.28. The van der Waals surface area contributed by atoms with E-state index in [0.29, 0.717) is 23.6 Å². The Balaban J connectivity index is 0.00000176. The molecule has 0 spiro atoms. The molecule has 124 valence electrons. The summed E-state index contributed by atoms with van der Waals surface area (Å²) >= 11 is 3.27. The SMILES string of the molecule is Cl.O=S(=O)(c1cncc(Br)c1)N1CCN(C2CCNC2)CC1. The largest absolute Gasteiger partial charge is 0.315 e. The average Bonchev–Trinajstić information content (AvgIpc) is 3.02. The fourth-order valence-corrected chi connectivity index (χ4v) is 4.87. The number of sulfonamides is 1. The van der Waals surface area contributed by atoms with Gasteiger partial charge >= 0.3 is 0 Å². The van der Waals surface area contributed by atoms with E-state index in [2.05, 4.69) is 31.1 Å². The molecule has 0 aromatic carbocycles. The fraction of sp³-hybridized carbons (Fsp3) is 0.615. The Morgan fingerprint density at radius 2 is 1.95 bits per heavy atom. The van der Waals surface area contributed by atoms with Crippen molar-refractivity contribution < 1.29 is 8.42 Å². The van der Waals surface area contributed by atoms with E-state index in [4.69, 9.17) is 0 Å². The molecule has 2 fully saturated rings. The molecule has 2 aliphatic rings. The Hall–Kier alpha value is -0.250. The summed E-state index contributed by atoms with van der Waals surface area (Å²) in [7, 11) is -3.43. The zero-order valence-electron chi connectivity index (χ0n) is 12.1. The number of hydrogen-bond donors (Lipinski definition) is 1. The third-order valence-corrected chi connectivity index (χ3v) is 6.44. The first-order chi connectivity index (χ1) is 10.1. The predicted octanol–water partition coefficient (Wildman–Crippen LogP) is 0.934. The van der Waals surface area contributed by atoms with Crippen molar-refractivity contribution in [3.8, 4) is 0 Å². The van der Waals surface area contributed by atoms with Gasteiger partial charge in [0.2, 0.25) is 10.0 Å². The number of halogens is 2. The lowest BCUT2D eigenvalue weighted by Crippen LogP contribution is -2.52. The molecule has 3 rings (SSSR count). The zero-order chi connectivity index (χ0) is 14.9. The maximum absolute atomic E-state index is 12.6. The molecule has 1 aromatic rings. The molecule has 1 N–H and O–H groups in total. The van der Waals surface area contributed by atoms with E-state index < -0.39 is 10.0 Å². The van der Waals surface area contributed by atoms with Crippen LogP contribution in [0.15, 0.2) is 27.8 Å². The van der Waals surface area contributed by atoms with Crippen molar-refractivity contribution in [2.45, 2.75) is 17.4 Å². The van der Waals surface area contributed by atoms with Crippen molar-refractivity contribution in [3.63, 3.8) is 0 Å². The molecule has 22 heavy (non-hydrogen) atoms. The van der Waals surface area contributed by atoms with E-state index >= 15 is 0 Å². The van der Waals surface area contributed by atoms with E-state index in [1.807, 2.05) is 0 Å². The van der Waals surface area contributed by atoms with Gasteiger partial charge in [0.15, 0.2) is 0 Å². The van der Waals surface area contributed by atoms with Gasteiger partial charge in [-0.05, 0) is 35.0 Å². The lowest BCUT2D eigenvalue weighted by atomic mass is 10.2. The highest BCUT2D eigenvalue weighted by Gasteiger charge is 2.32. The number of piperazine rings is 1. The van der Waals surface area contributed by atoms with Crippen LogP contribution in [0.25, 0.3) is 0 Å². The summed E-state index contributed by atoms with van der Waals surface area (Å²) in [6, 6.07) is 2.16. The van der Waals surface area contributed by atoms with Gasteiger partial charge in [-0.3, -0.25) is 9.88 Å². The highest BCUT2D eigenvalue weighted by atomic mass is 79.9. The minimum absolute atomic E-state index is 0. The van der Waals surface area contributed by atoms with Crippen LogP contribution in [0.5, 0.6) is 0 Å². The van der Waals surface area contributed by atoms with Crippen LogP contribution >= 0.6 is 28.3 Å². The number of nitrogens with one attached hydrogen (secondary N) is 1. The van der Waals surface area contributed by atoms with Crippen molar-refractivity contribution in [1.82, 2.24) is 19.5 Å². The highest BCUT2D eigenvalue weighted by molar-refractivity contribution is 9.10. The van der Waals surface area contributed by atoms with Crippen molar-refractivity contribution in [1.29, 1.82) is 0 Å². The molecule has 6 nitrogen and oxygen atoms in total. The van der Waals surface area contributed by atoms with Crippen LogP contribution in [-0.2, 0) is 10.0 Å². The van der Waals surface area contributed by atoms with Crippen LogP contribution in [-0.4, -0.2) is 67.9 Å². The summed E-state index contributed by atoms with van der Waals surface area (Å²) < 4.78 is 27.4. The highest BCUT2D eigenvalue weighted by Crippen LogP contribution is 2.21. The average molecular weight is 412 g/mol. The van der Waals surface area contributed by atoms with Crippen molar-refractivity contribution in [2.75, 3.05) is 39.3 Å². The molecular formula is C13H20BrClN4O2S. The van der Waals surface area contributed by atoms with Crippen LogP contribution in [0, 0.1) is 0 Å². The summed E-state index contributed by atoms with van der Waals surface area (Å²) in [6.07, 6.45) is 4.15. The molecule has 0 saturated carbocycles. The Bertz CT molecular complexity index is 602. The minimum Gasteiger partial charge on any atom is -0.315 e. The van der Waals surface area contributed by atoms with Gasteiger partial charge in [0.25, 0.3) is 0 Å². The minimum atomic E-state index is -3.43. The molecule has 0 radical (unpaired) electrons. The maximum Gasteiger partial charge on any atom is 0.244 e. The predicted molar refractivity (Wildman–Crippen MR) is 90.8 cm³/mol. The fourth-order valence-electron chi connectivity index (χ4n) is 2.94. The van der Waals surface area contributed by atoms with Crippen molar-refractivity contribution in [2.24, 2.45) is 0 Å². The number of rotatable bonds is 3. The van der Waals surface area contributed by atoms with Crippen molar-refractivity contribution >= 4 is 38.4 Å². The van der Waals surface area contributed by atoms with Gasteiger partial charge in [-0.15, -0.1) is 12.4 Å². The smallest absolute Gasteiger partial charge is 0.244 e. The summed E-state index contributed by atoms with van der Waals surface area (Å²) in [5.74, 6) is 0. The Labute approximate surface area is 145 Å². The van der Waals surface area contributed by atoms with Gasteiger partial charge in [0.1, 0.15) is 4.90 Å². The van der Waals surface area contributed by atoms with Crippen molar-refractivity contribution in [3.05, 3.63) is 22.9 Å². The molecular weight excluding hydrogens is 392 g/mol. The second-order valence-electron chi connectivity index (χ2n) is 5.43. The van der Waals surface area contributed by atoms with Gasteiger partial charge < -0.3 is 5.32 Å². The van der Waals surface area contributed by atoms with Gasteiger partial charge in [-0.25, -0.2) is 8.42 Å². The molecule has 1 unspecified atom stereocenters. The number of nitrogens with zero attached hydrogens (tertiary/aromatic N) is 3. The van der Waals surface area contributed by atoms with Crippen LogP contribution in [0.1, 0.15) is 6.42 Å². The maximum atomic E-state index is 12.6. The zero-order valence-corrected chi connectivity index (χ0v) is 15.3. The van der Waals surface area contributed by atoms with Crippen LogP contribution in [0.4, 0.5) is 0 Å². The lowest BCUT2D eigenvalue weighted by Gasteiger charge is -2.37. The molecule has 2 saturated heterocycles. The summed E-state index contributed by atoms with van der Waals surface area (Å²) in [4.78, 5) is 6.60. The van der Waals surface area contributed by atoms with E-state index in [9.17, 15) is 8.42 Å². The first-order valence-electron chi connectivity index (χ1n) is 7.13. The molecule has 0 amide bonds. The molecule has 1 aromatic heterocycles. The number of aromatic nitrogens is 1. The monoisotopic (exact) mass is 410 g/mol. The second kappa shape index (κ2) is 7.55. The van der Waals surface area contributed by atoms with Crippen LogP contribution < -0.4 is 5.32 Å². The van der Waals surface area contributed by atoms with Gasteiger partial charge in [-0.2, -0.15) is 4.31 Å². The van der Waals surface area contributed by atoms with Gasteiger partial charge in [-0.1, -0.05) is 0 Å². The normalized spacial score (nSPS) is 24.1. The number of pyridine rings is 1. The lowest BCUT2D eigenvalue weighted by molar-refractivity contribution is 0.145. The first kappa shape index (κ1) is 18.1. The van der Waals surface area contributed by atoms with E-state index in [-0.39, 0.29) is 17.3 Å². The van der Waals surface area contributed by atoms with Crippen LogP contribution in [0.3, 0.4) is 0 Å². The summed E-state index contributed by atoms with van der Waals surface area (Å²) in [6.45, 7) is 4.77. The summed E-state index contributed by atoms with van der Waals surface area (Å²) in [5.41, 5.74) is 0. The standard InChI is InChI=1S/C13H19BrN4O2S.ClH/c14-11-7-13(10-16-8-11)21(19,20)18-5-3-17(4-6-18)12-1-2-15-9-12;/h7-8,10,12,15H,1-6,9H2;1H. The van der Waals surface area contributed by atoms with Gasteiger partial charge in [0.05, 0.1) is 0 Å². The third-order valence-electron chi connectivity index (χ3n) is 4.14. The number of hydrogen-bond acceptors (Lipinski definition) is 5. The molecule has 2 aliphatic heterocycles. The topological polar surface area (TPSA) is 65.5 Å². The summed E-state index contributed by atoms with van der Waals surface area (Å²) in [5, 5.41) is 3.36. The quantitative estimate of drug-likeness (QED) is 0.802. The van der Waals surface area contributed by atoms with E-state index in [1.54, 1.807) is 16.6 Å². The van der Waals surface area contributed by atoms with E-state index in [0.717, 1.165) is 32.6 Å².